The molecule has 0 spiro atoms. The molecule has 0 amide bonds. The fourth-order valence-corrected chi connectivity index (χ4v) is 4.97. The minimum absolute atomic E-state index is 0.0207. The Kier molecular flexibility index (Phi) is 8.06. The number of pyridine rings is 1. The molecule has 10 nitrogen and oxygen atoms in total. The summed E-state index contributed by atoms with van der Waals surface area (Å²) in [4.78, 5) is 29.6. The van der Waals surface area contributed by atoms with Gasteiger partial charge in [0, 0.05) is 19.6 Å². The molecular formula is C28H34N6O4. The smallest absolute Gasteiger partial charge is 0.306 e. The average Bonchev–Trinajstić information content (AvgIpc) is 2.95. The summed E-state index contributed by atoms with van der Waals surface area (Å²) in [5, 5.41) is 12.5. The first-order valence-electron chi connectivity index (χ1n) is 13.3. The Labute approximate surface area is 222 Å². The molecule has 0 saturated carbocycles. The molecule has 2 N–H and O–H groups in total. The Balaban J connectivity index is 1.23. The van der Waals surface area contributed by atoms with Gasteiger partial charge in [0.2, 0.25) is 0 Å². The van der Waals surface area contributed by atoms with Crippen LogP contribution in [-0.2, 0) is 4.79 Å². The van der Waals surface area contributed by atoms with Gasteiger partial charge in [-0.25, -0.2) is 9.97 Å². The van der Waals surface area contributed by atoms with Crippen LogP contribution < -0.4 is 24.6 Å². The van der Waals surface area contributed by atoms with Gasteiger partial charge in [0.05, 0.1) is 31.5 Å². The molecular weight excluding hydrogens is 484 g/mol. The third-order valence-corrected chi connectivity index (χ3v) is 6.93. The van der Waals surface area contributed by atoms with E-state index in [1.54, 1.807) is 12.4 Å². The highest BCUT2D eigenvalue weighted by molar-refractivity contribution is 5.70. The molecule has 0 bridgehead atoms. The Bertz CT molecular complexity index is 1230. The van der Waals surface area contributed by atoms with Gasteiger partial charge in [-0.05, 0) is 56.9 Å². The van der Waals surface area contributed by atoms with Gasteiger partial charge in [0.15, 0.2) is 17.3 Å². The monoisotopic (exact) mass is 518 g/mol. The van der Waals surface area contributed by atoms with E-state index in [0.717, 1.165) is 42.5 Å². The Morgan fingerprint density at radius 3 is 2.53 bits per heavy atom. The van der Waals surface area contributed by atoms with Crippen LogP contribution in [0.3, 0.4) is 0 Å². The molecule has 2 saturated heterocycles. The van der Waals surface area contributed by atoms with Gasteiger partial charge in [-0.15, -0.1) is 0 Å². The summed E-state index contributed by atoms with van der Waals surface area (Å²) < 4.78 is 12.1. The average molecular weight is 519 g/mol. The predicted octanol–water partition coefficient (Wildman–Crippen LogP) is 4.36. The highest BCUT2D eigenvalue weighted by Crippen LogP contribution is 2.30. The molecule has 3 aromatic rings. The number of nitrogens with zero attached hydrogens (tertiary/aromatic N) is 5. The first-order valence-corrected chi connectivity index (χ1v) is 13.3. The van der Waals surface area contributed by atoms with Crippen LogP contribution in [0.1, 0.15) is 32.6 Å². The van der Waals surface area contributed by atoms with Crippen LogP contribution in [0.2, 0.25) is 0 Å². The maximum Gasteiger partial charge on any atom is 0.306 e. The molecule has 4 heterocycles. The second kappa shape index (κ2) is 12.0. The fourth-order valence-electron chi connectivity index (χ4n) is 4.97. The van der Waals surface area contributed by atoms with E-state index in [0.29, 0.717) is 50.7 Å². The molecule has 1 atom stereocenters. The number of hydrogen-bond donors (Lipinski definition) is 2. The maximum atomic E-state index is 11.3. The number of carboxylic acids is 1. The highest BCUT2D eigenvalue weighted by atomic mass is 16.5. The minimum atomic E-state index is -0.714. The maximum absolute atomic E-state index is 11.3. The topological polar surface area (TPSA) is 113 Å². The van der Waals surface area contributed by atoms with Gasteiger partial charge in [-0.2, -0.15) is 0 Å². The molecule has 0 radical (unpaired) electrons. The zero-order valence-electron chi connectivity index (χ0n) is 21.6. The van der Waals surface area contributed by atoms with Gasteiger partial charge in [0.1, 0.15) is 23.6 Å². The van der Waals surface area contributed by atoms with Crippen LogP contribution in [0.15, 0.2) is 54.9 Å². The van der Waals surface area contributed by atoms with E-state index in [1.807, 2.05) is 49.4 Å². The third-order valence-electron chi connectivity index (χ3n) is 6.93. The van der Waals surface area contributed by atoms with E-state index in [9.17, 15) is 9.90 Å². The number of benzene rings is 1. The lowest BCUT2D eigenvalue weighted by atomic mass is 9.97. The summed E-state index contributed by atoms with van der Waals surface area (Å²) in [6.07, 6.45) is 6.68. The number of aliphatic carboxylic acids is 1. The van der Waals surface area contributed by atoms with Gasteiger partial charge >= 0.3 is 5.97 Å². The van der Waals surface area contributed by atoms with E-state index in [2.05, 4.69) is 20.1 Å². The molecule has 1 unspecified atom stereocenters. The van der Waals surface area contributed by atoms with Crippen LogP contribution in [0.25, 0.3) is 0 Å². The standard InChI is InChI=1S/C28H34N6O4/c1-2-37-22-8-3-4-9-23(22)38-21-7-6-14-34(19-21)27-18-29-17-25(32-27)30-24-10-5-11-26(31-24)33-15-12-20(13-16-33)28(35)36/h3-5,8-11,17-18,20-21H,2,6-7,12-16,19H2,1H3,(H,35,36)(H,30,31,32). The minimum Gasteiger partial charge on any atom is -0.490 e. The van der Waals surface area contributed by atoms with Crippen molar-refractivity contribution in [3.05, 3.63) is 54.9 Å². The number of carboxylic acid groups (broad SMARTS) is 1. The summed E-state index contributed by atoms with van der Waals surface area (Å²) in [7, 11) is 0. The van der Waals surface area contributed by atoms with Crippen molar-refractivity contribution >= 4 is 29.2 Å². The van der Waals surface area contributed by atoms with Crippen molar-refractivity contribution < 1.29 is 19.4 Å². The van der Waals surface area contributed by atoms with Crippen LogP contribution >= 0.6 is 0 Å². The first kappa shape index (κ1) is 25.6. The van der Waals surface area contributed by atoms with Crippen molar-refractivity contribution in [2.24, 2.45) is 5.92 Å². The number of ether oxygens (including phenoxy) is 2. The van der Waals surface area contributed by atoms with Gasteiger partial charge in [-0.3, -0.25) is 9.78 Å². The number of hydrogen-bond acceptors (Lipinski definition) is 9. The Morgan fingerprint density at radius 2 is 1.74 bits per heavy atom. The SMILES string of the molecule is CCOc1ccccc1OC1CCCN(c2cncc(Nc3cccc(N4CCC(C(=O)O)CC4)n3)n2)C1. The number of carbonyl (C=O) groups is 1. The zero-order valence-corrected chi connectivity index (χ0v) is 21.6. The summed E-state index contributed by atoms with van der Waals surface area (Å²) in [5.41, 5.74) is 0. The lowest BCUT2D eigenvalue weighted by molar-refractivity contribution is -0.142. The van der Waals surface area contributed by atoms with Crippen molar-refractivity contribution in [3.63, 3.8) is 0 Å². The molecule has 38 heavy (non-hydrogen) atoms. The summed E-state index contributed by atoms with van der Waals surface area (Å²) in [6.45, 7) is 5.50. The number of nitrogens with one attached hydrogen (secondary N) is 1. The molecule has 200 valence electrons. The lowest BCUT2D eigenvalue weighted by Gasteiger charge is -2.33. The van der Waals surface area contributed by atoms with Crippen LogP contribution in [0, 0.1) is 5.92 Å². The molecule has 2 fully saturated rings. The molecule has 5 rings (SSSR count). The quantitative estimate of drug-likeness (QED) is 0.423. The third kappa shape index (κ3) is 6.24. The number of anilines is 4. The highest BCUT2D eigenvalue weighted by Gasteiger charge is 2.26. The van der Waals surface area contributed by atoms with E-state index in [-0.39, 0.29) is 12.0 Å². The van der Waals surface area contributed by atoms with E-state index < -0.39 is 5.97 Å². The first-order chi connectivity index (χ1) is 18.6. The zero-order chi connectivity index (χ0) is 26.3. The molecule has 2 aromatic heterocycles. The largest absolute Gasteiger partial charge is 0.490 e. The lowest BCUT2D eigenvalue weighted by Crippen LogP contribution is -2.41. The van der Waals surface area contributed by atoms with E-state index in [1.165, 1.54) is 0 Å². The normalized spacial score (nSPS) is 18.2. The number of piperidine rings is 2. The molecule has 10 heteroatoms. The molecule has 0 aliphatic carbocycles. The number of rotatable bonds is 9. The van der Waals surface area contributed by atoms with Crippen molar-refractivity contribution in [1.82, 2.24) is 15.0 Å². The van der Waals surface area contributed by atoms with Crippen LogP contribution in [-0.4, -0.2) is 64.9 Å². The summed E-state index contributed by atoms with van der Waals surface area (Å²) in [6, 6.07) is 13.6. The summed E-state index contributed by atoms with van der Waals surface area (Å²) in [5.74, 6) is 3.43. The Hall–Kier alpha value is -4.08. The van der Waals surface area contributed by atoms with E-state index in [4.69, 9.17) is 19.4 Å². The Morgan fingerprint density at radius 1 is 0.947 bits per heavy atom. The number of para-hydroxylation sites is 2. The predicted molar refractivity (Wildman–Crippen MR) is 146 cm³/mol. The molecule has 1 aromatic carbocycles. The van der Waals surface area contributed by atoms with Gasteiger partial charge < -0.3 is 29.7 Å². The van der Waals surface area contributed by atoms with Gasteiger partial charge in [0.25, 0.3) is 0 Å². The van der Waals surface area contributed by atoms with Crippen molar-refractivity contribution in [2.75, 3.05) is 47.9 Å². The second-order valence-electron chi connectivity index (χ2n) is 9.58. The summed E-state index contributed by atoms with van der Waals surface area (Å²) >= 11 is 0. The van der Waals surface area contributed by atoms with Crippen molar-refractivity contribution in [1.29, 1.82) is 0 Å². The molecule has 2 aliphatic heterocycles. The fraction of sp³-hybridized carbons (Fsp3) is 0.429. The van der Waals surface area contributed by atoms with Crippen LogP contribution in [0.5, 0.6) is 11.5 Å². The van der Waals surface area contributed by atoms with Crippen molar-refractivity contribution in [3.8, 4) is 11.5 Å². The molecule has 2 aliphatic rings. The van der Waals surface area contributed by atoms with Gasteiger partial charge in [-0.1, -0.05) is 18.2 Å². The van der Waals surface area contributed by atoms with Crippen LogP contribution in [0.4, 0.5) is 23.3 Å². The van der Waals surface area contributed by atoms with Crippen molar-refractivity contribution in [2.45, 2.75) is 38.7 Å². The van der Waals surface area contributed by atoms with E-state index >= 15 is 0 Å². The number of aromatic nitrogens is 3. The second-order valence-corrected chi connectivity index (χ2v) is 9.58.